The van der Waals surface area contributed by atoms with Gasteiger partial charge in [0.1, 0.15) is 5.75 Å². The zero-order chi connectivity index (χ0) is 23.1. The Hall–Kier alpha value is -2.54. The van der Waals surface area contributed by atoms with Gasteiger partial charge in [-0.15, -0.1) is 0 Å². The third-order valence-corrected chi connectivity index (χ3v) is 6.97. The molecule has 0 spiro atoms. The van der Waals surface area contributed by atoms with Crippen LogP contribution >= 0.6 is 11.6 Å². The van der Waals surface area contributed by atoms with Crippen molar-refractivity contribution in [2.24, 2.45) is 5.41 Å². The van der Waals surface area contributed by atoms with Gasteiger partial charge >= 0.3 is 0 Å². The standard InChI is InChI=1S/C25H33ClN4O3/c26-21-6-4-7-22(16-21)33-19-25(17-24(32)29-11-2-1-3-12-29)9-5-13-30(18-25)23(31)8-14-28-15-10-27-20-28/h4,6-7,10,15-16,20H,1-3,5,8-9,11-14,17-19H2. The number of nitrogens with zero attached hydrogens (tertiary/aromatic N) is 4. The van der Waals surface area contributed by atoms with Crippen molar-refractivity contribution in [3.8, 4) is 5.75 Å². The van der Waals surface area contributed by atoms with Crippen LogP contribution in [0.5, 0.6) is 5.75 Å². The number of carbonyl (C=O) groups excluding carboxylic acids is 2. The topological polar surface area (TPSA) is 67.7 Å². The van der Waals surface area contributed by atoms with Crippen LogP contribution < -0.4 is 4.74 Å². The van der Waals surface area contributed by atoms with E-state index in [9.17, 15) is 9.59 Å². The van der Waals surface area contributed by atoms with Crippen LogP contribution in [0.25, 0.3) is 0 Å². The third kappa shape index (κ3) is 6.50. The van der Waals surface area contributed by atoms with Crippen LogP contribution in [-0.4, -0.2) is 64.0 Å². The summed E-state index contributed by atoms with van der Waals surface area (Å²) >= 11 is 6.13. The number of hydrogen-bond donors (Lipinski definition) is 0. The summed E-state index contributed by atoms with van der Waals surface area (Å²) in [5.41, 5.74) is -0.403. The number of rotatable bonds is 8. The largest absolute Gasteiger partial charge is 0.493 e. The summed E-state index contributed by atoms with van der Waals surface area (Å²) in [6.45, 7) is 3.91. The number of likely N-dealkylation sites (tertiary alicyclic amines) is 2. The zero-order valence-electron chi connectivity index (χ0n) is 19.1. The Morgan fingerprint density at radius 2 is 1.88 bits per heavy atom. The molecule has 1 atom stereocenters. The molecular weight excluding hydrogens is 440 g/mol. The molecule has 1 unspecified atom stereocenters. The maximum absolute atomic E-state index is 13.2. The summed E-state index contributed by atoms with van der Waals surface area (Å²) in [5.74, 6) is 0.980. The smallest absolute Gasteiger partial charge is 0.224 e. The Morgan fingerprint density at radius 3 is 2.64 bits per heavy atom. The first-order chi connectivity index (χ1) is 16.0. The van der Waals surface area contributed by atoms with Gasteiger partial charge in [0.05, 0.1) is 12.9 Å². The molecule has 7 nitrogen and oxygen atoms in total. The lowest BCUT2D eigenvalue weighted by Crippen LogP contribution is -2.51. The maximum atomic E-state index is 13.2. The number of piperidine rings is 2. The van der Waals surface area contributed by atoms with Crippen molar-refractivity contribution in [3.05, 3.63) is 48.0 Å². The van der Waals surface area contributed by atoms with Crippen LogP contribution in [0.4, 0.5) is 0 Å². The number of aromatic nitrogens is 2. The minimum absolute atomic E-state index is 0.112. The molecule has 1 aromatic carbocycles. The zero-order valence-corrected chi connectivity index (χ0v) is 19.9. The second-order valence-corrected chi connectivity index (χ2v) is 9.77. The van der Waals surface area contributed by atoms with Gasteiger partial charge in [-0.25, -0.2) is 4.98 Å². The van der Waals surface area contributed by atoms with E-state index in [1.807, 2.05) is 38.8 Å². The number of amides is 2. The van der Waals surface area contributed by atoms with E-state index >= 15 is 0 Å². The van der Waals surface area contributed by atoms with E-state index in [0.717, 1.165) is 45.3 Å². The van der Waals surface area contributed by atoms with Gasteiger partial charge in [0.2, 0.25) is 11.8 Å². The average molecular weight is 473 g/mol. The highest BCUT2D eigenvalue weighted by Crippen LogP contribution is 2.36. The van der Waals surface area contributed by atoms with E-state index in [-0.39, 0.29) is 11.8 Å². The fourth-order valence-electron chi connectivity index (χ4n) is 4.90. The van der Waals surface area contributed by atoms with Gasteiger partial charge in [-0.3, -0.25) is 9.59 Å². The molecule has 2 amide bonds. The molecule has 2 saturated heterocycles. The first-order valence-corrected chi connectivity index (χ1v) is 12.3. The Balaban J connectivity index is 1.45. The van der Waals surface area contributed by atoms with Crippen LogP contribution in [0, 0.1) is 5.41 Å². The molecule has 2 aromatic rings. The molecule has 3 heterocycles. The van der Waals surface area contributed by atoms with Crippen molar-refractivity contribution in [3.63, 3.8) is 0 Å². The van der Waals surface area contributed by atoms with Crippen LogP contribution in [-0.2, 0) is 16.1 Å². The lowest BCUT2D eigenvalue weighted by molar-refractivity contribution is -0.142. The van der Waals surface area contributed by atoms with Gasteiger partial charge in [-0.05, 0) is 50.3 Å². The molecule has 2 fully saturated rings. The predicted molar refractivity (Wildman–Crippen MR) is 127 cm³/mol. The summed E-state index contributed by atoms with van der Waals surface area (Å²) in [4.78, 5) is 34.2. The molecule has 8 heteroatoms. The van der Waals surface area contributed by atoms with E-state index < -0.39 is 5.41 Å². The van der Waals surface area contributed by atoms with E-state index in [4.69, 9.17) is 16.3 Å². The van der Waals surface area contributed by atoms with Crippen LogP contribution in [0.1, 0.15) is 44.9 Å². The molecule has 0 bridgehead atoms. The fraction of sp³-hybridized carbons (Fsp3) is 0.560. The Labute approximate surface area is 200 Å². The van der Waals surface area contributed by atoms with Crippen molar-refractivity contribution >= 4 is 23.4 Å². The number of carbonyl (C=O) groups is 2. The lowest BCUT2D eigenvalue weighted by Gasteiger charge is -2.43. The molecule has 1 aromatic heterocycles. The molecule has 33 heavy (non-hydrogen) atoms. The second kappa shape index (κ2) is 11.1. The first kappa shape index (κ1) is 23.6. The minimum Gasteiger partial charge on any atom is -0.493 e. The predicted octanol–water partition coefficient (Wildman–Crippen LogP) is 4.02. The van der Waals surface area contributed by atoms with Gasteiger partial charge in [0.15, 0.2) is 0 Å². The summed E-state index contributed by atoms with van der Waals surface area (Å²) < 4.78 is 8.07. The number of ether oxygens (including phenoxy) is 1. The summed E-state index contributed by atoms with van der Waals surface area (Å²) in [6.07, 6.45) is 11.2. The maximum Gasteiger partial charge on any atom is 0.224 e. The molecule has 2 aliphatic rings. The van der Waals surface area contributed by atoms with Crippen molar-refractivity contribution in [1.29, 1.82) is 0 Å². The van der Waals surface area contributed by atoms with Crippen molar-refractivity contribution in [2.75, 3.05) is 32.8 Å². The van der Waals surface area contributed by atoms with E-state index in [1.54, 1.807) is 18.6 Å². The summed E-state index contributed by atoms with van der Waals surface area (Å²) in [7, 11) is 0. The molecule has 0 radical (unpaired) electrons. The SMILES string of the molecule is O=C(CC1(COc2cccc(Cl)c2)CCCN(C(=O)CCn2ccnc2)C1)N1CCCCC1. The lowest BCUT2D eigenvalue weighted by atomic mass is 9.77. The molecule has 2 aliphatic heterocycles. The molecule has 0 N–H and O–H groups in total. The number of halogens is 1. The third-order valence-electron chi connectivity index (χ3n) is 6.73. The van der Waals surface area contributed by atoms with Crippen LogP contribution in [0.15, 0.2) is 43.0 Å². The fourth-order valence-corrected chi connectivity index (χ4v) is 5.09. The Kier molecular flexibility index (Phi) is 7.91. The van der Waals surface area contributed by atoms with Gasteiger partial charge in [0.25, 0.3) is 0 Å². The first-order valence-electron chi connectivity index (χ1n) is 11.9. The van der Waals surface area contributed by atoms with E-state index in [1.165, 1.54) is 6.42 Å². The second-order valence-electron chi connectivity index (χ2n) is 9.33. The number of imidazole rings is 1. The number of hydrogen-bond acceptors (Lipinski definition) is 4. The summed E-state index contributed by atoms with van der Waals surface area (Å²) in [5, 5.41) is 0.617. The monoisotopic (exact) mass is 472 g/mol. The molecule has 4 rings (SSSR count). The van der Waals surface area contributed by atoms with Crippen molar-refractivity contribution < 1.29 is 14.3 Å². The molecule has 178 valence electrons. The highest BCUT2D eigenvalue weighted by atomic mass is 35.5. The highest BCUT2D eigenvalue weighted by molar-refractivity contribution is 6.30. The Bertz CT molecular complexity index is 929. The normalized spacial score (nSPS) is 21.1. The van der Waals surface area contributed by atoms with E-state index in [2.05, 4.69) is 4.98 Å². The molecule has 0 aliphatic carbocycles. The van der Waals surface area contributed by atoms with Crippen molar-refractivity contribution in [1.82, 2.24) is 19.4 Å². The van der Waals surface area contributed by atoms with Gasteiger partial charge in [0, 0.05) is 68.4 Å². The van der Waals surface area contributed by atoms with Crippen LogP contribution in [0.2, 0.25) is 5.02 Å². The minimum atomic E-state index is -0.403. The Morgan fingerprint density at radius 1 is 1.06 bits per heavy atom. The van der Waals surface area contributed by atoms with Crippen LogP contribution in [0.3, 0.4) is 0 Å². The number of benzene rings is 1. The van der Waals surface area contributed by atoms with E-state index in [0.29, 0.717) is 43.3 Å². The van der Waals surface area contributed by atoms with Gasteiger partial charge < -0.3 is 19.1 Å². The van der Waals surface area contributed by atoms with Crippen molar-refractivity contribution in [2.45, 2.75) is 51.5 Å². The molecular formula is C25H33ClN4O3. The summed E-state index contributed by atoms with van der Waals surface area (Å²) in [6, 6.07) is 7.34. The van der Waals surface area contributed by atoms with Gasteiger partial charge in [-0.1, -0.05) is 17.7 Å². The molecule has 0 saturated carbocycles. The number of aryl methyl sites for hydroxylation is 1. The quantitative estimate of drug-likeness (QED) is 0.582. The highest BCUT2D eigenvalue weighted by Gasteiger charge is 2.41. The average Bonchev–Trinajstić information content (AvgIpc) is 3.36. The van der Waals surface area contributed by atoms with Gasteiger partial charge in [-0.2, -0.15) is 0 Å².